The van der Waals surface area contributed by atoms with Crippen molar-refractivity contribution in [2.24, 2.45) is 5.10 Å². The molecule has 0 saturated heterocycles. The van der Waals surface area contributed by atoms with Gasteiger partial charge in [-0.15, -0.1) is 0 Å². The van der Waals surface area contributed by atoms with Crippen LogP contribution < -0.4 is 18.9 Å². The number of nitrogens with zero attached hydrogens (tertiary/aromatic N) is 2. The minimum atomic E-state index is -0.414. The van der Waals surface area contributed by atoms with E-state index in [0.29, 0.717) is 11.6 Å². The van der Waals surface area contributed by atoms with Crippen LogP contribution >= 0.6 is 11.6 Å². The highest BCUT2D eigenvalue weighted by atomic mass is 35.5. The zero-order valence-electron chi connectivity index (χ0n) is 17.5. The van der Waals surface area contributed by atoms with Gasteiger partial charge in [0.2, 0.25) is 13.0 Å². The number of hydrogen-bond donors (Lipinski definition) is 0. The molecule has 2 atom stereocenters. The number of rotatable bonds is 4. The number of para-hydroxylation sites is 1. The maximum Gasteiger partial charge on any atom is 0.231 e. The minimum absolute atomic E-state index is 0.00226. The second-order valence-electron chi connectivity index (χ2n) is 7.84. The molecule has 3 heterocycles. The fourth-order valence-electron chi connectivity index (χ4n) is 4.49. The van der Waals surface area contributed by atoms with Crippen LogP contribution in [0.2, 0.25) is 5.02 Å². The average Bonchev–Trinajstić information content (AvgIpc) is 3.46. The van der Waals surface area contributed by atoms with Crippen molar-refractivity contribution in [1.82, 2.24) is 5.01 Å². The molecule has 0 aliphatic carbocycles. The van der Waals surface area contributed by atoms with Gasteiger partial charge in [0.05, 0.1) is 23.9 Å². The predicted molar refractivity (Wildman–Crippen MR) is 121 cm³/mol. The molecule has 7 heteroatoms. The van der Waals surface area contributed by atoms with Gasteiger partial charge in [0.25, 0.3) is 0 Å². The SMILES string of the molecule is CCOc1ccccc1[C@@H]1Oc2ccc(Cl)cc2[C@@H]2CC(c3ccc4c(c3)OCO4)=NN21. The molecule has 32 heavy (non-hydrogen) atoms. The lowest BCUT2D eigenvalue weighted by Gasteiger charge is -2.38. The van der Waals surface area contributed by atoms with Gasteiger partial charge in [0.1, 0.15) is 11.5 Å². The number of ether oxygens (including phenoxy) is 4. The van der Waals surface area contributed by atoms with Crippen molar-refractivity contribution in [3.8, 4) is 23.0 Å². The third-order valence-electron chi connectivity index (χ3n) is 5.94. The van der Waals surface area contributed by atoms with Crippen LogP contribution in [0.25, 0.3) is 0 Å². The summed E-state index contributed by atoms with van der Waals surface area (Å²) >= 11 is 6.34. The first-order valence-electron chi connectivity index (χ1n) is 10.6. The molecule has 0 fully saturated rings. The van der Waals surface area contributed by atoms with Gasteiger partial charge >= 0.3 is 0 Å². The first kappa shape index (κ1) is 19.3. The number of benzene rings is 3. The normalized spacial score (nSPS) is 20.3. The largest absolute Gasteiger partial charge is 0.493 e. The minimum Gasteiger partial charge on any atom is -0.493 e. The summed E-state index contributed by atoms with van der Waals surface area (Å²) in [5, 5.41) is 7.73. The lowest BCUT2D eigenvalue weighted by atomic mass is 9.95. The second-order valence-corrected chi connectivity index (χ2v) is 8.27. The Hall–Kier alpha value is -3.38. The number of fused-ring (bicyclic) bond motifs is 4. The number of halogens is 1. The van der Waals surface area contributed by atoms with E-state index in [1.54, 1.807) is 0 Å². The van der Waals surface area contributed by atoms with E-state index >= 15 is 0 Å². The van der Waals surface area contributed by atoms with E-state index < -0.39 is 6.23 Å². The molecule has 3 aromatic rings. The summed E-state index contributed by atoms with van der Waals surface area (Å²) in [5.74, 6) is 3.11. The Morgan fingerprint density at radius 1 is 1.00 bits per heavy atom. The zero-order chi connectivity index (χ0) is 21.7. The summed E-state index contributed by atoms with van der Waals surface area (Å²) in [4.78, 5) is 0. The molecular formula is C25H21ClN2O4. The summed E-state index contributed by atoms with van der Waals surface area (Å²) < 4.78 is 23.4. The summed E-state index contributed by atoms with van der Waals surface area (Å²) in [5.41, 5.74) is 3.94. The third-order valence-corrected chi connectivity index (χ3v) is 6.18. The van der Waals surface area contributed by atoms with E-state index in [4.69, 9.17) is 35.6 Å². The molecule has 0 unspecified atom stereocenters. The van der Waals surface area contributed by atoms with E-state index in [-0.39, 0.29) is 12.8 Å². The molecule has 0 radical (unpaired) electrons. The van der Waals surface area contributed by atoms with Gasteiger partial charge in [-0.2, -0.15) is 5.10 Å². The Kier molecular flexibility index (Phi) is 4.61. The summed E-state index contributed by atoms with van der Waals surface area (Å²) in [7, 11) is 0. The molecule has 0 saturated carbocycles. The fourth-order valence-corrected chi connectivity index (χ4v) is 4.67. The standard InChI is InChI=1S/C25H21ClN2O4/c1-2-29-21-6-4-3-5-17(21)25-28-20(18-12-16(26)8-10-22(18)32-25)13-19(27-28)15-7-9-23-24(11-15)31-14-30-23/h3-12,20,25H,2,13-14H2,1H3/t20-,25-/m0/s1. The van der Waals surface area contributed by atoms with Crippen LogP contribution in [0.1, 0.15) is 42.3 Å². The third kappa shape index (κ3) is 3.14. The smallest absolute Gasteiger partial charge is 0.231 e. The highest BCUT2D eigenvalue weighted by Gasteiger charge is 2.42. The molecule has 3 aliphatic heterocycles. The van der Waals surface area contributed by atoms with Gasteiger partial charge in [-0.3, -0.25) is 0 Å². The van der Waals surface area contributed by atoms with Crippen LogP contribution in [0.5, 0.6) is 23.0 Å². The Morgan fingerprint density at radius 3 is 2.75 bits per heavy atom. The fraction of sp³-hybridized carbons (Fsp3) is 0.240. The highest BCUT2D eigenvalue weighted by Crippen LogP contribution is 2.49. The first-order valence-corrected chi connectivity index (χ1v) is 11.0. The number of hydrazone groups is 1. The molecule has 3 aromatic carbocycles. The molecule has 162 valence electrons. The van der Waals surface area contributed by atoms with Gasteiger partial charge < -0.3 is 18.9 Å². The van der Waals surface area contributed by atoms with Crippen molar-refractivity contribution in [3.05, 3.63) is 82.4 Å². The maximum atomic E-state index is 6.47. The second kappa shape index (κ2) is 7.64. The van der Waals surface area contributed by atoms with Crippen LogP contribution in [-0.2, 0) is 0 Å². The van der Waals surface area contributed by atoms with E-state index in [9.17, 15) is 0 Å². The lowest BCUT2D eigenvalue weighted by molar-refractivity contribution is -0.0205. The Bertz CT molecular complexity index is 1230. The topological polar surface area (TPSA) is 52.5 Å². The van der Waals surface area contributed by atoms with Crippen LogP contribution in [-0.4, -0.2) is 24.1 Å². The van der Waals surface area contributed by atoms with E-state index in [1.807, 2.05) is 72.6 Å². The van der Waals surface area contributed by atoms with Crippen molar-refractivity contribution in [2.75, 3.05) is 13.4 Å². The maximum absolute atomic E-state index is 6.47. The summed E-state index contributed by atoms with van der Waals surface area (Å²) in [6, 6.07) is 19.7. The zero-order valence-corrected chi connectivity index (χ0v) is 18.2. The first-order chi connectivity index (χ1) is 15.7. The van der Waals surface area contributed by atoms with Crippen LogP contribution in [0.15, 0.2) is 65.8 Å². The molecule has 6 rings (SSSR count). The predicted octanol–water partition coefficient (Wildman–Crippen LogP) is 5.71. The quantitative estimate of drug-likeness (QED) is 0.511. The molecule has 0 amide bonds. The molecule has 0 N–H and O–H groups in total. The van der Waals surface area contributed by atoms with Crippen LogP contribution in [0.4, 0.5) is 0 Å². The number of hydrogen-bond acceptors (Lipinski definition) is 6. The van der Waals surface area contributed by atoms with E-state index in [2.05, 4.69) is 0 Å². The molecule has 3 aliphatic rings. The Balaban J connectivity index is 1.45. The van der Waals surface area contributed by atoms with E-state index in [1.165, 1.54) is 0 Å². The summed E-state index contributed by atoms with van der Waals surface area (Å²) in [6.07, 6.45) is 0.312. The molecular weight excluding hydrogens is 428 g/mol. The van der Waals surface area contributed by atoms with Crippen molar-refractivity contribution in [3.63, 3.8) is 0 Å². The monoisotopic (exact) mass is 448 g/mol. The van der Waals surface area contributed by atoms with E-state index in [0.717, 1.165) is 51.8 Å². The van der Waals surface area contributed by atoms with Crippen molar-refractivity contribution in [2.45, 2.75) is 25.6 Å². The van der Waals surface area contributed by atoms with Gasteiger partial charge in [-0.1, -0.05) is 23.7 Å². The van der Waals surface area contributed by atoms with Gasteiger partial charge in [0.15, 0.2) is 11.5 Å². The lowest BCUT2D eigenvalue weighted by Crippen LogP contribution is -2.34. The Labute approximate surface area is 190 Å². The molecule has 0 bridgehead atoms. The van der Waals surface area contributed by atoms with Crippen molar-refractivity contribution in [1.29, 1.82) is 0 Å². The van der Waals surface area contributed by atoms with Crippen molar-refractivity contribution >= 4 is 17.3 Å². The van der Waals surface area contributed by atoms with Crippen molar-refractivity contribution < 1.29 is 18.9 Å². The average molecular weight is 449 g/mol. The molecule has 0 aromatic heterocycles. The molecule has 6 nitrogen and oxygen atoms in total. The van der Waals surface area contributed by atoms with Gasteiger partial charge in [0, 0.05) is 22.6 Å². The highest BCUT2D eigenvalue weighted by molar-refractivity contribution is 6.30. The summed E-state index contributed by atoms with van der Waals surface area (Å²) in [6.45, 7) is 2.80. The van der Waals surface area contributed by atoms with Crippen LogP contribution in [0.3, 0.4) is 0 Å². The van der Waals surface area contributed by atoms with Gasteiger partial charge in [-0.25, -0.2) is 5.01 Å². The molecule has 0 spiro atoms. The van der Waals surface area contributed by atoms with Crippen LogP contribution in [0, 0.1) is 0 Å². The Morgan fingerprint density at radius 2 is 1.84 bits per heavy atom. The van der Waals surface area contributed by atoms with Gasteiger partial charge in [-0.05, 0) is 55.5 Å².